The number of phenolic OH excluding ortho intramolecular Hbond substituents is 1. The van der Waals surface area contributed by atoms with Gasteiger partial charge in [0.2, 0.25) is 0 Å². The van der Waals surface area contributed by atoms with Crippen molar-refractivity contribution in [3.05, 3.63) is 66.7 Å². The second-order valence-electron chi connectivity index (χ2n) is 8.05. The van der Waals surface area contributed by atoms with Gasteiger partial charge in [0.25, 0.3) is 0 Å². The molecule has 146 valence electrons. The van der Waals surface area contributed by atoms with E-state index in [1.807, 2.05) is 12.1 Å². The van der Waals surface area contributed by atoms with Crippen LogP contribution in [0.3, 0.4) is 0 Å². The molecular formula is C25H29NO2. The van der Waals surface area contributed by atoms with Gasteiger partial charge in [-0.2, -0.15) is 0 Å². The molecule has 0 aromatic heterocycles. The summed E-state index contributed by atoms with van der Waals surface area (Å²) in [4.78, 5) is 2.45. The van der Waals surface area contributed by atoms with Gasteiger partial charge in [-0.25, -0.2) is 0 Å². The molecule has 0 saturated carbocycles. The maximum absolute atomic E-state index is 9.91. The minimum atomic E-state index is 0.329. The fraction of sp³-hybridized carbons (Fsp3) is 0.360. The zero-order valence-corrected chi connectivity index (χ0v) is 16.7. The SMILES string of the molecule is CC1CCN(c2cccc(O)c2)C(CCOc2ccc3ccccc3c2)C1C. The number of aromatic hydroxyl groups is 1. The molecule has 1 aliphatic rings. The molecule has 0 amide bonds. The summed E-state index contributed by atoms with van der Waals surface area (Å²) < 4.78 is 6.13. The van der Waals surface area contributed by atoms with Crippen LogP contribution in [-0.4, -0.2) is 24.3 Å². The largest absolute Gasteiger partial charge is 0.508 e. The molecule has 28 heavy (non-hydrogen) atoms. The highest BCUT2D eigenvalue weighted by Gasteiger charge is 2.33. The third-order valence-corrected chi connectivity index (χ3v) is 6.29. The molecule has 0 radical (unpaired) electrons. The maximum Gasteiger partial charge on any atom is 0.119 e. The molecule has 0 aliphatic carbocycles. The molecule has 1 N–H and O–H groups in total. The molecule has 3 aromatic rings. The van der Waals surface area contributed by atoms with Crippen LogP contribution < -0.4 is 9.64 Å². The molecule has 3 unspecified atom stereocenters. The van der Waals surface area contributed by atoms with Crippen LogP contribution in [0.1, 0.15) is 26.7 Å². The van der Waals surface area contributed by atoms with Crippen LogP contribution in [0.5, 0.6) is 11.5 Å². The molecule has 4 rings (SSSR count). The van der Waals surface area contributed by atoms with Crippen molar-refractivity contribution in [1.29, 1.82) is 0 Å². The van der Waals surface area contributed by atoms with E-state index in [0.29, 0.717) is 30.2 Å². The molecule has 1 saturated heterocycles. The lowest BCUT2D eigenvalue weighted by molar-refractivity contribution is 0.210. The molecule has 1 aliphatic heterocycles. The predicted molar refractivity (Wildman–Crippen MR) is 116 cm³/mol. The van der Waals surface area contributed by atoms with Crippen molar-refractivity contribution >= 4 is 16.5 Å². The summed E-state index contributed by atoms with van der Waals surface area (Å²) in [7, 11) is 0. The van der Waals surface area contributed by atoms with Crippen molar-refractivity contribution in [3.63, 3.8) is 0 Å². The van der Waals surface area contributed by atoms with Gasteiger partial charge in [0.1, 0.15) is 11.5 Å². The van der Waals surface area contributed by atoms with E-state index in [0.717, 1.165) is 24.4 Å². The lowest BCUT2D eigenvalue weighted by Crippen LogP contribution is -2.48. The van der Waals surface area contributed by atoms with E-state index in [1.165, 1.54) is 17.2 Å². The highest BCUT2D eigenvalue weighted by Crippen LogP contribution is 2.35. The average Bonchev–Trinajstić information content (AvgIpc) is 2.71. The number of piperidine rings is 1. The fourth-order valence-electron chi connectivity index (χ4n) is 4.40. The van der Waals surface area contributed by atoms with Crippen LogP contribution in [0.25, 0.3) is 10.8 Å². The molecule has 1 fully saturated rings. The van der Waals surface area contributed by atoms with E-state index in [4.69, 9.17) is 4.74 Å². The van der Waals surface area contributed by atoms with Gasteiger partial charge in [-0.15, -0.1) is 0 Å². The Morgan fingerprint density at radius 2 is 1.79 bits per heavy atom. The van der Waals surface area contributed by atoms with E-state index in [9.17, 15) is 5.11 Å². The summed E-state index contributed by atoms with van der Waals surface area (Å²) in [6.07, 6.45) is 2.15. The predicted octanol–water partition coefficient (Wildman–Crippen LogP) is 5.87. The number of anilines is 1. The first kappa shape index (κ1) is 18.7. The maximum atomic E-state index is 9.91. The van der Waals surface area contributed by atoms with Crippen molar-refractivity contribution in [2.75, 3.05) is 18.1 Å². The quantitative estimate of drug-likeness (QED) is 0.606. The fourth-order valence-corrected chi connectivity index (χ4v) is 4.40. The smallest absolute Gasteiger partial charge is 0.119 e. The van der Waals surface area contributed by atoms with Gasteiger partial charge in [0, 0.05) is 30.8 Å². The molecule has 3 aromatic carbocycles. The van der Waals surface area contributed by atoms with E-state index in [-0.39, 0.29) is 0 Å². The van der Waals surface area contributed by atoms with Gasteiger partial charge in [-0.05, 0) is 53.3 Å². The highest BCUT2D eigenvalue weighted by molar-refractivity contribution is 5.83. The van der Waals surface area contributed by atoms with Crippen molar-refractivity contribution < 1.29 is 9.84 Å². The Balaban J connectivity index is 1.46. The van der Waals surface area contributed by atoms with Crippen LogP contribution in [0.2, 0.25) is 0 Å². The molecule has 3 heteroatoms. The standard InChI is InChI=1S/C25H29NO2/c1-18-12-14-26(22-8-5-9-23(27)17-22)25(19(18)2)13-15-28-24-11-10-20-6-3-4-7-21(20)16-24/h3-11,16-19,25,27H,12-15H2,1-2H3. The van der Waals surface area contributed by atoms with Gasteiger partial charge in [0.05, 0.1) is 6.61 Å². The molecule has 3 atom stereocenters. The summed E-state index contributed by atoms with van der Waals surface area (Å²) in [5, 5.41) is 12.4. The Labute approximate surface area is 167 Å². The van der Waals surface area contributed by atoms with Gasteiger partial charge in [-0.3, -0.25) is 0 Å². The first-order valence-corrected chi connectivity index (χ1v) is 10.3. The van der Waals surface area contributed by atoms with Gasteiger partial charge < -0.3 is 14.7 Å². The number of hydrogen-bond donors (Lipinski definition) is 1. The Kier molecular flexibility index (Phi) is 5.43. The average molecular weight is 376 g/mol. The molecule has 3 nitrogen and oxygen atoms in total. The zero-order chi connectivity index (χ0) is 19.5. The summed E-state index contributed by atoms with van der Waals surface area (Å²) >= 11 is 0. The van der Waals surface area contributed by atoms with Crippen LogP contribution in [-0.2, 0) is 0 Å². The minimum Gasteiger partial charge on any atom is -0.508 e. The van der Waals surface area contributed by atoms with Crippen molar-refractivity contribution in [2.45, 2.75) is 32.7 Å². The topological polar surface area (TPSA) is 32.7 Å². The van der Waals surface area contributed by atoms with Crippen molar-refractivity contribution in [1.82, 2.24) is 0 Å². The monoisotopic (exact) mass is 375 g/mol. The highest BCUT2D eigenvalue weighted by atomic mass is 16.5. The van der Waals surface area contributed by atoms with E-state index in [2.05, 4.69) is 67.3 Å². The number of rotatable bonds is 5. The van der Waals surface area contributed by atoms with Crippen LogP contribution in [0.15, 0.2) is 66.7 Å². The van der Waals surface area contributed by atoms with Gasteiger partial charge in [-0.1, -0.05) is 50.2 Å². The molecule has 0 spiro atoms. The first-order valence-electron chi connectivity index (χ1n) is 10.3. The van der Waals surface area contributed by atoms with E-state index in [1.54, 1.807) is 6.07 Å². The summed E-state index contributed by atoms with van der Waals surface area (Å²) in [6, 6.07) is 22.7. The van der Waals surface area contributed by atoms with Gasteiger partial charge in [0.15, 0.2) is 0 Å². The van der Waals surface area contributed by atoms with Crippen LogP contribution in [0, 0.1) is 11.8 Å². The third kappa shape index (κ3) is 3.94. The van der Waals surface area contributed by atoms with Crippen molar-refractivity contribution in [3.8, 4) is 11.5 Å². The number of ether oxygens (including phenoxy) is 1. The first-order chi connectivity index (χ1) is 13.6. The second kappa shape index (κ2) is 8.14. The Hall–Kier alpha value is -2.68. The lowest BCUT2D eigenvalue weighted by atomic mass is 9.80. The van der Waals surface area contributed by atoms with Crippen LogP contribution in [0.4, 0.5) is 5.69 Å². The Morgan fingerprint density at radius 1 is 0.964 bits per heavy atom. The minimum absolute atomic E-state index is 0.329. The third-order valence-electron chi connectivity index (χ3n) is 6.29. The molecular weight excluding hydrogens is 346 g/mol. The lowest BCUT2D eigenvalue weighted by Gasteiger charge is -2.45. The number of nitrogens with zero attached hydrogens (tertiary/aromatic N) is 1. The number of hydrogen-bond acceptors (Lipinski definition) is 3. The molecule has 1 heterocycles. The van der Waals surface area contributed by atoms with E-state index >= 15 is 0 Å². The Morgan fingerprint density at radius 3 is 2.61 bits per heavy atom. The summed E-state index contributed by atoms with van der Waals surface area (Å²) in [5.74, 6) is 2.53. The summed E-state index contributed by atoms with van der Waals surface area (Å²) in [6.45, 7) is 6.41. The zero-order valence-electron chi connectivity index (χ0n) is 16.7. The van der Waals surface area contributed by atoms with Gasteiger partial charge >= 0.3 is 0 Å². The van der Waals surface area contributed by atoms with Crippen LogP contribution >= 0.6 is 0 Å². The van der Waals surface area contributed by atoms with E-state index < -0.39 is 0 Å². The second-order valence-corrected chi connectivity index (χ2v) is 8.05. The summed E-state index contributed by atoms with van der Waals surface area (Å²) in [5.41, 5.74) is 1.11. The number of benzene rings is 3. The number of fused-ring (bicyclic) bond motifs is 1. The van der Waals surface area contributed by atoms with Crippen molar-refractivity contribution in [2.24, 2.45) is 11.8 Å². The Bertz CT molecular complexity index is 938. The number of phenols is 1. The normalized spacial score (nSPS) is 22.4. The molecule has 0 bridgehead atoms.